The molecular formula is C33H53O9P. The molecule has 0 bridgehead atoms. The molecule has 5 rings (SSSR count). The molecule has 43 heavy (non-hydrogen) atoms. The molecule has 4 aliphatic carbocycles. The van der Waals surface area contributed by atoms with Crippen LogP contribution in [-0.4, -0.2) is 57.9 Å². The van der Waals surface area contributed by atoms with E-state index >= 15 is 0 Å². The fourth-order valence-corrected chi connectivity index (χ4v) is 11.2. The Kier molecular flexibility index (Phi) is 9.75. The highest BCUT2D eigenvalue weighted by molar-refractivity contribution is 7.47. The van der Waals surface area contributed by atoms with Crippen LogP contribution in [0.2, 0.25) is 0 Å². The van der Waals surface area contributed by atoms with Crippen molar-refractivity contribution in [2.75, 3.05) is 6.61 Å². The smallest absolute Gasteiger partial charge is 0.450 e. The minimum absolute atomic E-state index is 0.0311. The van der Waals surface area contributed by atoms with Crippen LogP contribution in [0.4, 0.5) is 0 Å². The molecule has 0 aromatic heterocycles. The van der Waals surface area contributed by atoms with Crippen molar-refractivity contribution >= 4 is 19.6 Å². The zero-order chi connectivity index (χ0) is 31.3. The number of ether oxygens (including phenoxy) is 1. The molecule has 0 aromatic rings. The highest BCUT2D eigenvalue weighted by Gasteiger charge is 2.59. The molecule has 1 saturated heterocycles. The predicted octanol–water partition coefficient (Wildman–Crippen LogP) is 5.75. The van der Waals surface area contributed by atoms with Gasteiger partial charge in [-0.05, 0) is 97.7 Å². The van der Waals surface area contributed by atoms with Crippen molar-refractivity contribution < 1.29 is 43.0 Å². The number of esters is 1. The number of carbonyl (C=O) groups excluding carboxylic acids is 2. The van der Waals surface area contributed by atoms with Gasteiger partial charge in [-0.3, -0.25) is 13.8 Å². The van der Waals surface area contributed by atoms with Crippen molar-refractivity contribution in [2.45, 2.75) is 130 Å². The second kappa shape index (κ2) is 12.6. The maximum Gasteiger partial charge on any atom is 0.473 e. The zero-order valence-electron chi connectivity index (χ0n) is 26.6. The molecule has 5 aliphatic rings. The number of phosphoric ester groups is 1. The van der Waals surface area contributed by atoms with Gasteiger partial charge in [0.2, 0.25) is 0 Å². The number of aliphatic hydroxyl groups excluding tert-OH is 2. The van der Waals surface area contributed by atoms with E-state index in [-0.39, 0.29) is 5.41 Å². The zero-order valence-corrected chi connectivity index (χ0v) is 27.5. The normalized spacial score (nSPS) is 42.0. The van der Waals surface area contributed by atoms with Gasteiger partial charge in [0.15, 0.2) is 12.2 Å². The summed E-state index contributed by atoms with van der Waals surface area (Å²) in [7, 11) is -4.79. The van der Waals surface area contributed by atoms with Crippen LogP contribution in [0.5, 0.6) is 0 Å². The Morgan fingerprint density at radius 3 is 2.49 bits per heavy atom. The SMILES string of the molecule is CC(C)CCCC(C)[C@H]1CC[C@H]2C3CC=C4C[C@@H](OP(=O)(O)OC5C(=O)C(=O)O[C@H]5C(O)CO)CC[C@]4(C)[C@H]3CC[C@]12C. The molecule has 0 aromatic carbocycles. The van der Waals surface area contributed by atoms with Gasteiger partial charge < -0.3 is 19.8 Å². The van der Waals surface area contributed by atoms with Crippen LogP contribution in [0.1, 0.15) is 105 Å². The number of hydrogen-bond acceptors (Lipinski definition) is 8. The Morgan fingerprint density at radius 1 is 1.05 bits per heavy atom. The standard InChI is InChI=1S/C33H53O9P/c1-19(2)7-6-8-20(3)24-11-12-25-23-10-9-21-17-22(13-15-32(21,4)26(23)14-16-33(24,25)5)41-43(38,39)42-30-28(36)31(37)40-29(30)27(35)18-34/h9,19-20,22-27,29-30,34-35H,6-8,10-18H2,1-5H3,(H,38,39)/t20?,22-,23?,24+,25-,26-,27?,29-,30?,32-,33+/m0/s1. The Bertz CT molecular complexity index is 1140. The molecule has 12 atom stereocenters. The predicted molar refractivity (Wildman–Crippen MR) is 161 cm³/mol. The van der Waals surface area contributed by atoms with Crippen molar-refractivity contribution in [3.05, 3.63) is 11.6 Å². The molecule has 5 unspecified atom stereocenters. The number of aliphatic hydroxyl groups is 2. The van der Waals surface area contributed by atoms with E-state index in [1.807, 2.05) is 0 Å². The molecule has 10 heteroatoms. The van der Waals surface area contributed by atoms with Gasteiger partial charge in [0.25, 0.3) is 5.78 Å². The minimum atomic E-state index is -4.79. The number of cyclic esters (lactones) is 1. The maximum atomic E-state index is 13.0. The first-order chi connectivity index (χ1) is 20.2. The van der Waals surface area contributed by atoms with Crippen molar-refractivity contribution in [3.63, 3.8) is 0 Å². The van der Waals surface area contributed by atoms with Crippen LogP contribution >= 0.6 is 7.82 Å². The second-order valence-electron chi connectivity index (χ2n) is 15.2. The van der Waals surface area contributed by atoms with E-state index in [2.05, 4.69) is 40.7 Å². The Labute approximate surface area is 256 Å². The van der Waals surface area contributed by atoms with Crippen LogP contribution in [0, 0.1) is 46.3 Å². The van der Waals surface area contributed by atoms with Crippen molar-refractivity contribution in [1.29, 1.82) is 0 Å². The lowest BCUT2D eigenvalue weighted by Crippen LogP contribution is -2.51. The number of carbonyl (C=O) groups is 2. The quantitative estimate of drug-likeness (QED) is 0.114. The maximum absolute atomic E-state index is 13.0. The fourth-order valence-electron chi connectivity index (χ4n) is 10.1. The third-order valence-electron chi connectivity index (χ3n) is 12.4. The van der Waals surface area contributed by atoms with Crippen LogP contribution in [-0.2, 0) is 27.9 Å². The number of allylic oxidation sites excluding steroid dienone is 1. The molecule has 4 fully saturated rings. The fraction of sp³-hybridized carbons (Fsp3) is 0.879. The summed E-state index contributed by atoms with van der Waals surface area (Å²) in [5.41, 5.74) is 1.73. The third kappa shape index (κ3) is 6.33. The first-order valence-corrected chi connectivity index (χ1v) is 18.1. The summed E-state index contributed by atoms with van der Waals surface area (Å²) in [4.78, 5) is 34.5. The number of Topliss-reactive ketones (excluding diaryl/α,β-unsaturated/α-hetero) is 1. The van der Waals surface area contributed by atoms with E-state index < -0.39 is 50.6 Å². The van der Waals surface area contributed by atoms with Crippen LogP contribution < -0.4 is 0 Å². The lowest BCUT2D eigenvalue weighted by atomic mass is 9.47. The van der Waals surface area contributed by atoms with Gasteiger partial charge >= 0.3 is 13.8 Å². The molecule has 0 radical (unpaired) electrons. The molecule has 1 aliphatic heterocycles. The van der Waals surface area contributed by atoms with E-state index in [9.17, 15) is 29.3 Å². The summed E-state index contributed by atoms with van der Waals surface area (Å²) in [6, 6.07) is 0. The van der Waals surface area contributed by atoms with Gasteiger partial charge in [-0.15, -0.1) is 0 Å². The first kappa shape index (κ1) is 33.3. The van der Waals surface area contributed by atoms with Gasteiger partial charge in [-0.1, -0.05) is 65.5 Å². The summed E-state index contributed by atoms with van der Waals surface area (Å²) in [5.74, 6) is 1.89. The largest absolute Gasteiger partial charge is 0.473 e. The van der Waals surface area contributed by atoms with Gasteiger partial charge in [0.05, 0.1) is 12.7 Å². The molecule has 1 heterocycles. The lowest BCUT2D eigenvalue weighted by Gasteiger charge is -2.58. The van der Waals surface area contributed by atoms with Crippen LogP contribution in [0.25, 0.3) is 0 Å². The highest BCUT2D eigenvalue weighted by Crippen LogP contribution is 2.67. The van der Waals surface area contributed by atoms with Gasteiger partial charge in [-0.25, -0.2) is 9.36 Å². The molecule has 0 spiro atoms. The van der Waals surface area contributed by atoms with Crippen molar-refractivity contribution in [1.82, 2.24) is 0 Å². The van der Waals surface area contributed by atoms with Gasteiger partial charge in [-0.2, -0.15) is 0 Å². The second-order valence-corrected chi connectivity index (χ2v) is 16.6. The Morgan fingerprint density at radius 2 is 1.79 bits per heavy atom. The third-order valence-corrected chi connectivity index (χ3v) is 13.4. The van der Waals surface area contributed by atoms with Crippen LogP contribution in [0.15, 0.2) is 11.6 Å². The van der Waals surface area contributed by atoms with Crippen molar-refractivity contribution in [2.24, 2.45) is 46.3 Å². The average molecular weight is 625 g/mol. The molecular weight excluding hydrogens is 571 g/mol. The van der Waals surface area contributed by atoms with Crippen molar-refractivity contribution in [3.8, 4) is 0 Å². The van der Waals surface area contributed by atoms with E-state index in [0.29, 0.717) is 30.1 Å². The summed E-state index contributed by atoms with van der Waals surface area (Å²) >= 11 is 0. The molecule has 9 nitrogen and oxygen atoms in total. The number of hydrogen-bond donors (Lipinski definition) is 3. The summed E-state index contributed by atoms with van der Waals surface area (Å²) in [6.07, 6.45) is 8.92. The van der Waals surface area contributed by atoms with E-state index in [1.54, 1.807) is 0 Å². The first-order valence-electron chi connectivity index (χ1n) is 16.6. The average Bonchev–Trinajstić information content (AvgIpc) is 3.43. The molecule has 3 N–H and O–H groups in total. The Balaban J connectivity index is 1.23. The van der Waals surface area contributed by atoms with E-state index in [0.717, 1.165) is 36.5 Å². The van der Waals surface area contributed by atoms with Crippen LogP contribution in [0.3, 0.4) is 0 Å². The number of rotatable bonds is 11. The highest BCUT2D eigenvalue weighted by atomic mass is 31.2. The lowest BCUT2D eigenvalue weighted by molar-refractivity contribution is -0.152. The van der Waals surface area contributed by atoms with E-state index in [1.165, 1.54) is 50.5 Å². The minimum Gasteiger partial charge on any atom is -0.450 e. The number of ketones is 1. The summed E-state index contributed by atoms with van der Waals surface area (Å²) in [5, 5.41) is 19.2. The topological polar surface area (TPSA) is 140 Å². The molecule has 3 saturated carbocycles. The Hall–Kier alpha value is -1.09. The van der Waals surface area contributed by atoms with E-state index in [4.69, 9.17) is 13.8 Å². The monoisotopic (exact) mass is 624 g/mol. The van der Waals surface area contributed by atoms with Gasteiger partial charge in [0, 0.05) is 0 Å². The summed E-state index contributed by atoms with van der Waals surface area (Å²) < 4.78 is 28.4. The molecule has 244 valence electrons. The summed E-state index contributed by atoms with van der Waals surface area (Å²) in [6.45, 7) is 11.3. The molecule has 0 amide bonds. The number of phosphoric acid groups is 1. The number of fused-ring (bicyclic) bond motifs is 5. The van der Waals surface area contributed by atoms with Gasteiger partial charge in [0.1, 0.15) is 6.10 Å².